The molecule has 1 heterocycles. The normalized spacial score (nSPS) is 10.2. The summed E-state index contributed by atoms with van der Waals surface area (Å²) in [6, 6.07) is 6.83. The van der Waals surface area contributed by atoms with E-state index in [4.69, 9.17) is 0 Å². The Morgan fingerprint density at radius 2 is 2.29 bits per heavy atom. The van der Waals surface area contributed by atoms with Crippen LogP contribution < -0.4 is 5.32 Å². The summed E-state index contributed by atoms with van der Waals surface area (Å²) in [5.74, 6) is 0. The first-order valence-electron chi connectivity index (χ1n) is 5.14. The summed E-state index contributed by atoms with van der Waals surface area (Å²) in [4.78, 5) is 10.4. The van der Waals surface area contributed by atoms with Gasteiger partial charge >= 0.3 is 0 Å². The molecule has 0 saturated carbocycles. The lowest BCUT2D eigenvalue weighted by atomic mass is 10.1. The van der Waals surface area contributed by atoms with Gasteiger partial charge in [0, 0.05) is 23.5 Å². The zero-order chi connectivity index (χ0) is 12.3. The van der Waals surface area contributed by atoms with Crippen molar-refractivity contribution in [1.82, 2.24) is 10.2 Å². The van der Waals surface area contributed by atoms with Crippen molar-refractivity contribution >= 4 is 11.4 Å². The number of aromatic nitrogens is 2. The highest BCUT2D eigenvalue weighted by molar-refractivity contribution is 5.59. The van der Waals surface area contributed by atoms with Crippen LogP contribution in [0.5, 0.6) is 0 Å². The molecule has 1 aromatic heterocycles. The molecule has 17 heavy (non-hydrogen) atoms. The molecule has 0 saturated heterocycles. The fraction of sp³-hybridized carbons (Fsp3) is 0.182. The van der Waals surface area contributed by atoms with Crippen LogP contribution in [0.25, 0.3) is 0 Å². The maximum atomic E-state index is 10.8. The number of rotatable bonds is 4. The van der Waals surface area contributed by atoms with Crippen LogP contribution in [0.1, 0.15) is 11.3 Å². The molecule has 0 amide bonds. The molecule has 2 rings (SSSR count). The first-order valence-corrected chi connectivity index (χ1v) is 5.14. The Hall–Kier alpha value is -2.37. The summed E-state index contributed by atoms with van der Waals surface area (Å²) in [7, 11) is 0. The van der Waals surface area contributed by atoms with Crippen molar-refractivity contribution in [3.05, 3.63) is 51.8 Å². The average molecular weight is 232 g/mol. The van der Waals surface area contributed by atoms with Crippen molar-refractivity contribution in [1.29, 1.82) is 0 Å². The number of hydrogen-bond acceptors (Lipinski definition) is 4. The van der Waals surface area contributed by atoms with Gasteiger partial charge in [-0.25, -0.2) is 0 Å². The SMILES string of the molecule is Cc1c(NCc2ccn[nH]2)cccc1[N+](=O)[O-]. The van der Waals surface area contributed by atoms with Gasteiger partial charge in [0.25, 0.3) is 5.69 Å². The highest BCUT2D eigenvalue weighted by Crippen LogP contribution is 2.25. The summed E-state index contributed by atoms with van der Waals surface area (Å²) in [6.07, 6.45) is 1.66. The fourth-order valence-electron chi connectivity index (χ4n) is 1.59. The number of aromatic amines is 1. The molecule has 0 unspecified atom stereocenters. The Balaban J connectivity index is 2.16. The molecule has 0 radical (unpaired) electrons. The second-order valence-electron chi connectivity index (χ2n) is 3.64. The lowest BCUT2D eigenvalue weighted by molar-refractivity contribution is -0.385. The minimum absolute atomic E-state index is 0.125. The standard InChI is InChI=1S/C11H12N4O2/c1-8-10(3-2-4-11(8)15(16)17)12-7-9-5-6-13-14-9/h2-6,12H,7H2,1H3,(H,13,14). The average Bonchev–Trinajstić information content (AvgIpc) is 2.80. The van der Waals surface area contributed by atoms with E-state index in [1.165, 1.54) is 6.07 Å². The first kappa shape index (κ1) is 11.1. The third kappa shape index (κ3) is 2.41. The maximum Gasteiger partial charge on any atom is 0.274 e. The Labute approximate surface area is 97.8 Å². The van der Waals surface area contributed by atoms with Gasteiger partial charge in [0.05, 0.1) is 17.2 Å². The summed E-state index contributed by atoms with van der Waals surface area (Å²) >= 11 is 0. The number of hydrogen-bond donors (Lipinski definition) is 2. The largest absolute Gasteiger partial charge is 0.379 e. The van der Waals surface area contributed by atoms with Crippen LogP contribution >= 0.6 is 0 Å². The van der Waals surface area contributed by atoms with E-state index >= 15 is 0 Å². The Bertz CT molecular complexity index is 522. The molecule has 0 fully saturated rings. The number of nitro groups is 1. The van der Waals surface area contributed by atoms with Crippen LogP contribution in [0.15, 0.2) is 30.5 Å². The number of anilines is 1. The molecule has 0 aliphatic heterocycles. The molecule has 6 heteroatoms. The second kappa shape index (κ2) is 4.65. The number of nitrogens with one attached hydrogen (secondary N) is 2. The highest BCUT2D eigenvalue weighted by atomic mass is 16.6. The Morgan fingerprint density at radius 3 is 2.94 bits per heavy atom. The molecular weight excluding hydrogens is 220 g/mol. The minimum Gasteiger partial charge on any atom is -0.379 e. The maximum absolute atomic E-state index is 10.8. The van der Waals surface area contributed by atoms with Gasteiger partial charge in [0.15, 0.2) is 0 Å². The molecular formula is C11H12N4O2. The monoisotopic (exact) mass is 232 g/mol. The van der Waals surface area contributed by atoms with Crippen molar-refractivity contribution in [2.45, 2.75) is 13.5 Å². The first-order chi connectivity index (χ1) is 8.18. The van der Waals surface area contributed by atoms with E-state index in [9.17, 15) is 10.1 Å². The van der Waals surface area contributed by atoms with E-state index in [2.05, 4.69) is 15.5 Å². The van der Waals surface area contributed by atoms with Crippen molar-refractivity contribution in [3.63, 3.8) is 0 Å². The zero-order valence-electron chi connectivity index (χ0n) is 9.30. The molecule has 0 aliphatic rings. The molecule has 0 spiro atoms. The summed E-state index contributed by atoms with van der Waals surface area (Å²) in [5, 5.41) is 20.6. The quantitative estimate of drug-likeness (QED) is 0.625. The van der Waals surface area contributed by atoms with Crippen LogP contribution in [0, 0.1) is 17.0 Å². The number of H-pyrrole nitrogens is 1. The van der Waals surface area contributed by atoms with Gasteiger partial charge in [0.1, 0.15) is 0 Å². The van der Waals surface area contributed by atoms with Gasteiger partial charge in [-0.3, -0.25) is 15.2 Å². The molecule has 0 aliphatic carbocycles. The lowest BCUT2D eigenvalue weighted by Gasteiger charge is -2.08. The second-order valence-corrected chi connectivity index (χ2v) is 3.64. The van der Waals surface area contributed by atoms with Crippen LogP contribution in [-0.4, -0.2) is 15.1 Å². The van der Waals surface area contributed by atoms with Crippen LogP contribution in [-0.2, 0) is 6.54 Å². The lowest BCUT2D eigenvalue weighted by Crippen LogP contribution is -2.03. The Kier molecular flexibility index (Phi) is 3.04. The van der Waals surface area contributed by atoms with Gasteiger partial charge in [-0.2, -0.15) is 5.10 Å². The van der Waals surface area contributed by atoms with Crippen molar-refractivity contribution in [2.75, 3.05) is 5.32 Å². The van der Waals surface area contributed by atoms with Gasteiger partial charge in [-0.15, -0.1) is 0 Å². The number of nitrogens with zero attached hydrogens (tertiary/aromatic N) is 2. The van der Waals surface area contributed by atoms with Gasteiger partial charge in [-0.1, -0.05) is 6.07 Å². The van der Waals surface area contributed by atoms with E-state index in [-0.39, 0.29) is 10.6 Å². The van der Waals surface area contributed by atoms with E-state index in [0.717, 1.165) is 11.4 Å². The Morgan fingerprint density at radius 1 is 1.47 bits per heavy atom. The molecule has 0 atom stereocenters. The van der Waals surface area contributed by atoms with E-state index in [1.54, 1.807) is 19.2 Å². The van der Waals surface area contributed by atoms with Gasteiger partial charge in [-0.05, 0) is 19.1 Å². The summed E-state index contributed by atoms with van der Waals surface area (Å²) < 4.78 is 0. The predicted octanol–water partition coefficient (Wildman–Crippen LogP) is 2.24. The molecule has 2 N–H and O–H groups in total. The predicted molar refractivity (Wildman–Crippen MR) is 63.7 cm³/mol. The third-order valence-electron chi connectivity index (χ3n) is 2.53. The van der Waals surface area contributed by atoms with Gasteiger partial charge < -0.3 is 5.32 Å². The zero-order valence-corrected chi connectivity index (χ0v) is 9.30. The van der Waals surface area contributed by atoms with Crippen LogP contribution in [0.4, 0.5) is 11.4 Å². The fourth-order valence-corrected chi connectivity index (χ4v) is 1.59. The number of benzene rings is 1. The molecule has 88 valence electrons. The van der Waals surface area contributed by atoms with Crippen molar-refractivity contribution < 1.29 is 4.92 Å². The minimum atomic E-state index is -0.378. The summed E-state index contributed by atoms with van der Waals surface area (Å²) in [5.41, 5.74) is 2.45. The van der Waals surface area contributed by atoms with Crippen molar-refractivity contribution in [3.8, 4) is 0 Å². The topological polar surface area (TPSA) is 83.8 Å². The van der Waals surface area contributed by atoms with Gasteiger partial charge in [0.2, 0.25) is 0 Å². The highest BCUT2D eigenvalue weighted by Gasteiger charge is 2.12. The van der Waals surface area contributed by atoms with Crippen LogP contribution in [0.2, 0.25) is 0 Å². The van der Waals surface area contributed by atoms with E-state index in [0.29, 0.717) is 12.1 Å². The number of nitro benzene ring substituents is 1. The van der Waals surface area contributed by atoms with E-state index < -0.39 is 0 Å². The molecule has 1 aromatic carbocycles. The van der Waals surface area contributed by atoms with E-state index in [1.807, 2.05) is 12.1 Å². The molecule has 2 aromatic rings. The third-order valence-corrected chi connectivity index (χ3v) is 2.53. The summed E-state index contributed by atoms with van der Waals surface area (Å²) in [6.45, 7) is 2.29. The van der Waals surface area contributed by atoms with Crippen LogP contribution in [0.3, 0.4) is 0 Å². The molecule has 6 nitrogen and oxygen atoms in total. The molecule has 0 bridgehead atoms. The van der Waals surface area contributed by atoms with Crippen molar-refractivity contribution in [2.24, 2.45) is 0 Å². The smallest absolute Gasteiger partial charge is 0.274 e.